The van der Waals surface area contributed by atoms with Crippen LogP contribution in [-0.2, 0) is 60.8 Å². The van der Waals surface area contributed by atoms with Crippen LogP contribution >= 0.6 is 0 Å². The molecule has 0 radical (unpaired) electrons. The van der Waals surface area contributed by atoms with Crippen LogP contribution in [0.15, 0.2) is 48.5 Å². The number of aliphatic carboxylic acids is 1. The number of carboxylic acids is 1. The first-order valence-corrected chi connectivity index (χ1v) is 24.7. The molecule has 0 spiro atoms. The zero-order valence-corrected chi connectivity index (χ0v) is 42.5. The molecule has 26 heteroatoms. The molecule has 17 N–H and O–H groups in total. The number of aromatic hydroxyl groups is 2. The van der Waals surface area contributed by atoms with Crippen LogP contribution in [0.2, 0.25) is 0 Å². The smallest absolute Gasteiger partial charge is 0.328 e. The molecule has 1 aliphatic heterocycles. The first kappa shape index (κ1) is 61.9. The number of nitrogens with two attached hydrogens (primary N) is 1. The molecule has 0 unspecified atom stereocenters. The first-order chi connectivity index (χ1) is 35.6. The summed E-state index contributed by atoms with van der Waals surface area (Å²) in [5.41, 5.74) is 6.52. The molecule has 75 heavy (non-hydrogen) atoms. The molecule has 3 rings (SSSR count). The lowest BCUT2D eigenvalue weighted by atomic mass is 9.97. The normalized spacial score (nSPS) is 16.6. The molecule has 10 atom stereocenters. The predicted molar refractivity (Wildman–Crippen MR) is 269 cm³/mol. The first-order valence-electron chi connectivity index (χ1n) is 24.7. The summed E-state index contributed by atoms with van der Waals surface area (Å²) in [5, 5.41) is 74.0. The third-order valence-corrected chi connectivity index (χ3v) is 12.3. The Morgan fingerprint density at radius 3 is 1.60 bits per heavy atom. The number of carboxylic acid groups (broad SMARTS) is 1. The number of aliphatic hydroxyl groups excluding tert-OH is 2. The second-order valence-corrected chi connectivity index (χ2v) is 18.3. The molecule has 26 nitrogen and oxygen atoms in total. The molecular formula is C49H73N11O15. The van der Waals surface area contributed by atoms with Gasteiger partial charge in [0.25, 0.3) is 0 Å². The van der Waals surface area contributed by atoms with Gasteiger partial charge in [0.15, 0.2) is 0 Å². The maximum absolute atomic E-state index is 14.2. The van der Waals surface area contributed by atoms with Crippen LogP contribution in [0, 0.1) is 5.92 Å². The van der Waals surface area contributed by atoms with E-state index < -0.39 is 133 Å². The third-order valence-electron chi connectivity index (χ3n) is 12.3. The lowest BCUT2D eigenvalue weighted by Gasteiger charge is -2.29. The van der Waals surface area contributed by atoms with Crippen molar-refractivity contribution in [2.75, 3.05) is 32.8 Å². The van der Waals surface area contributed by atoms with Crippen molar-refractivity contribution in [2.45, 2.75) is 133 Å². The molecular weight excluding hydrogens is 983 g/mol. The summed E-state index contributed by atoms with van der Waals surface area (Å²) in [4.78, 5) is 133. The molecule has 1 aliphatic rings. The summed E-state index contributed by atoms with van der Waals surface area (Å²) < 4.78 is 0. The van der Waals surface area contributed by atoms with Crippen molar-refractivity contribution < 1.29 is 73.5 Å². The molecule has 0 saturated carbocycles. The van der Waals surface area contributed by atoms with Gasteiger partial charge < -0.3 is 84.4 Å². The third kappa shape index (κ3) is 20.8. The largest absolute Gasteiger partial charge is 0.508 e. The molecule has 2 aromatic carbocycles. The van der Waals surface area contributed by atoms with Crippen LogP contribution in [0.5, 0.6) is 11.5 Å². The van der Waals surface area contributed by atoms with E-state index in [0.717, 1.165) is 6.42 Å². The van der Waals surface area contributed by atoms with Crippen LogP contribution in [0.1, 0.15) is 77.3 Å². The van der Waals surface area contributed by atoms with Gasteiger partial charge in [0.2, 0.25) is 53.2 Å². The van der Waals surface area contributed by atoms with E-state index in [2.05, 4.69) is 53.2 Å². The average molecular weight is 1060 g/mol. The fourth-order valence-corrected chi connectivity index (χ4v) is 7.59. The van der Waals surface area contributed by atoms with Crippen molar-refractivity contribution in [3.63, 3.8) is 0 Å². The fraction of sp³-hybridized carbons (Fsp3) is 0.551. The summed E-state index contributed by atoms with van der Waals surface area (Å²) in [6, 6.07) is -0.541. The van der Waals surface area contributed by atoms with E-state index in [1.165, 1.54) is 62.4 Å². The number of phenols is 2. The minimum Gasteiger partial charge on any atom is -0.508 e. The maximum Gasteiger partial charge on any atom is 0.328 e. The number of nitrogens with one attached hydrogen (secondary N) is 10. The highest BCUT2D eigenvalue weighted by atomic mass is 16.4. The lowest BCUT2D eigenvalue weighted by Crippen LogP contribution is -2.61. The highest BCUT2D eigenvalue weighted by molar-refractivity contribution is 5.98. The Balaban J connectivity index is 1.83. The van der Waals surface area contributed by atoms with Gasteiger partial charge in [-0.2, -0.15) is 0 Å². The zero-order chi connectivity index (χ0) is 55.8. The van der Waals surface area contributed by atoms with Crippen molar-refractivity contribution in [1.82, 2.24) is 53.2 Å². The molecule has 1 fully saturated rings. The van der Waals surface area contributed by atoms with Gasteiger partial charge in [-0.05, 0) is 100 Å². The Kier molecular flexibility index (Phi) is 25.9. The van der Waals surface area contributed by atoms with E-state index in [-0.39, 0.29) is 43.2 Å². The number of carbonyl (C=O) groups excluding carboxylic acids is 9. The summed E-state index contributed by atoms with van der Waals surface area (Å²) >= 11 is 0. The molecule has 2 aromatic rings. The Hall–Kier alpha value is -7.42. The van der Waals surface area contributed by atoms with Crippen molar-refractivity contribution in [1.29, 1.82) is 0 Å². The van der Waals surface area contributed by atoms with Gasteiger partial charge in [-0.25, -0.2) is 4.79 Å². The maximum atomic E-state index is 14.2. The Bertz CT molecular complexity index is 2260. The standard InChI is InChI=1S/C49H73N11O15/c1-5-26(2)40(48(73)56-34(9-6-7-19-50)44(69)54-28(4)42(67)59-38(25-62)49(74)75)60-47(72)37(24-61)58-46(71)36(22-30-13-17-32(64)18-14-30)57-45(70)35(21-29-11-15-31(63)16-12-29)55-39(65)23-52-41(66)27(3)53-43(68)33-10-8-20-51-33/h11-18,26-28,33-38,40,51,61-64H,5-10,19-25,50H2,1-4H3,(H,52,66)(H,53,68)(H,54,69)(H,55,65)(H,56,73)(H,57,70)(H,58,71)(H,59,67)(H,60,72)(H,74,75)/t26-,27-,28+,33-,34-,35-,36-,37-,38-,40-/m0/s1. The quantitative estimate of drug-likeness (QED) is 0.0319. The predicted octanol–water partition coefficient (Wildman–Crippen LogP) is -4.09. The van der Waals surface area contributed by atoms with Crippen LogP contribution in [0.25, 0.3) is 0 Å². The van der Waals surface area contributed by atoms with Crippen molar-refractivity contribution in [3.05, 3.63) is 59.7 Å². The number of benzene rings is 2. The van der Waals surface area contributed by atoms with Gasteiger partial charge in [0, 0.05) is 12.8 Å². The van der Waals surface area contributed by atoms with Gasteiger partial charge in [0.1, 0.15) is 59.8 Å². The number of amides is 9. The molecule has 9 amide bonds. The molecule has 1 heterocycles. The molecule has 414 valence electrons. The average Bonchev–Trinajstić information content (AvgIpc) is 3.94. The lowest BCUT2D eigenvalue weighted by molar-refractivity contribution is -0.143. The second-order valence-electron chi connectivity index (χ2n) is 18.3. The van der Waals surface area contributed by atoms with Gasteiger partial charge in [-0.3, -0.25) is 43.2 Å². The Labute approximate surface area is 433 Å². The number of phenolic OH excluding ortho intramolecular Hbond substituents is 2. The second kappa shape index (κ2) is 31.3. The monoisotopic (exact) mass is 1060 g/mol. The summed E-state index contributed by atoms with van der Waals surface area (Å²) in [7, 11) is 0. The van der Waals surface area contributed by atoms with E-state index in [9.17, 15) is 73.5 Å². The topological polar surface area (TPSA) is 418 Å². The number of hydrogen-bond acceptors (Lipinski definition) is 16. The summed E-state index contributed by atoms with van der Waals surface area (Å²) in [6.07, 6.45) is 2.05. The van der Waals surface area contributed by atoms with Crippen LogP contribution < -0.4 is 58.9 Å². The van der Waals surface area contributed by atoms with Crippen molar-refractivity contribution in [2.24, 2.45) is 11.7 Å². The molecule has 0 bridgehead atoms. The Morgan fingerprint density at radius 2 is 1.09 bits per heavy atom. The summed E-state index contributed by atoms with van der Waals surface area (Å²) in [5.74, 6) is -9.81. The van der Waals surface area contributed by atoms with Gasteiger partial charge >= 0.3 is 5.97 Å². The van der Waals surface area contributed by atoms with Crippen molar-refractivity contribution in [3.8, 4) is 11.5 Å². The van der Waals surface area contributed by atoms with E-state index >= 15 is 0 Å². The minimum absolute atomic E-state index is 0.0247. The van der Waals surface area contributed by atoms with E-state index in [0.29, 0.717) is 43.4 Å². The van der Waals surface area contributed by atoms with Crippen LogP contribution in [0.3, 0.4) is 0 Å². The molecule has 0 aliphatic carbocycles. The number of aliphatic hydroxyl groups is 2. The molecule has 0 aromatic heterocycles. The highest BCUT2D eigenvalue weighted by Gasteiger charge is 2.35. The summed E-state index contributed by atoms with van der Waals surface area (Å²) in [6.45, 7) is 4.39. The minimum atomic E-state index is -1.75. The number of hydrogen-bond donors (Lipinski definition) is 16. The van der Waals surface area contributed by atoms with E-state index in [1.54, 1.807) is 13.8 Å². The number of unbranched alkanes of at least 4 members (excludes halogenated alkanes) is 1. The zero-order valence-electron chi connectivity index (χ0n) is 42.5. The van der Waals surface area contributed by atoms with E-state index in [1.807, 2.05) is 0 Å². The SMILES string of the molecule is CC[C@H](C)[C@H](NC(=O)[C@H](CO)NC(=O)[C@H](Cc1ccc(O)cc1)NC(=O)[C@H](Cc1ccc(O)cc1)NC(=O)CNC(=O)[C@H](C)NC(=O)[C@@H]1CCCN1)C(=O)N[C@@H](CCCCN)C(=O)N[C@H](C)C(=O)N[C@@H](CO)C(=O)O. The number of carbonyl (C=O) groups is 10. The number of rotatable bonds is 31. The highest BCUT2D eigenvalue weighted by Crippen LogP contribution is 2.15. The van der Waals surface area contributed by atoms with Crippen molar-refractivity contribution >= 4 is 59.1 Å². The van der Waals surface area contributed by atoms with Gasteiger partial charge in [-0.1, -0.05) is 44.5 Å². The Morgan fingerprint density at radius 1 is 0.600 bits per heavy atom. The molecule has 1 saturated heterocycles. The van der Waals surface area contributed by atoms with Gasteiger partial charge in [-0.15, -0.1) is 0 Å². The van der Waals surface area contributed by atoms with Gasteiger partial charge in [0.05, 0.1) is 25.8 Å². The van der Waals surface area contributed by atoms with Crippen LogP contribution in [-0.4, -0.2) is 172 Å². The van der Waals surface area contributed by atoms with E-state index in [4.69, 9.17) is 5.73 Å². The van der Waals surface area contributed by atoms with Crippen LogP contribution in [0.4, 0.5) is 0 Å². The fourth-order valence-electron chi connectivity index (χ4n) is 7.59.